The molecule has 0 saturated heterocycles. The Balaban J connectivity index is -0.000000464. The predicted molar refractivity (Wildman–Crippen MR) is 55.9 cm³/mol. The molecular weight excluding hydrogens is 430 g/mol. The van der Waals surface area contributed by atoms with Crippen LogP contribution in [0.25, 0.3) is 0 Å². The first-order valence-electron chi connectivity index (χ1n) is 4.40. The van der Waals surface area contributed by atoms with E-state index in [4.69, 9.17) is 5.11 Å². The van der Waals surface area contributed by atoms with Crippen LogP contribution in [0, 0.1) is 0 Å². The van der Waals surface area contributed by atoms with Crippen molar-refractivity contribution < 1.29 is 59.0 Å². The van der Waals surface area contributed by atoms with Gasteiger partial charge >= 0.3 is 20.0 Å². The quantitative estimate of drug-likeness (QED) is 0.710. The maximum Gasteiger partial charge on any atom is 0.378 e. The van der Waals surface area contributed by atoms with Gasteiger partial charge in [0, 0.05) is 39.6 Å². The SMILES string of the molecule is CC.[B]OC(=O)c1ccccc1C(=O)O.[V].[W]. The van der Waals surface area contributed by atoms with Crippen LogP contribution in [0.1, 0.15) is 34.6 Å². The number of benzene rings is 1. The predicted octanol–water partition coefficient (Wildman–Crippen LogP) is 1.65. The minimum Gasteiger partial charge on any atom is -0.540 e. The van der Waals surface area contributed by atoms with Gasteiger partial charge < -0.3 is 9.76 Å². The van der Waals surface area contributed by atoms with Gasteiger partial charge in [0.1, 0.15) is 0 Å². The van der Waals surface area contributed by atoms with Crippen molar-refractivity contribution in [3.8, 4) is 0 Å². The standard InChI is InChI=1S/C8H5BO4.C2H6.V.W/c9-13-8(12)6-4-2-1-3-5(6)7(10)11;1-2;;/h1-4H,(H,10,11);1-2H3;;. The zero-order valence-corrected chi connectivity index (χ0v) is 13.7. The van der Waals surface area contributed by atoms with Crippen molar-refractivity contribution in [2.45, 2.75) is 13.8 Å². The zero-order chi connectivity index (χ0) is 11.8. The molecule has 1 aromatic rings. The molecule has 0 aliphatic heterocycles. The fraction of sp³-hybridized carbons (Fsp3) is 0.200. The van der Waals surface area contributed by atoms with Crippen LogP contribution in [0.2, 0.25) is 0 Å². The molecule has 0 heterocycles. The van der Waals surface area contributed by atoms with Crippen molar-refractivity contribution in [2.75, 3.05) is 0 Å². The van der Waals surface area contributed by atoms with Gasteiger partial charge in [-0.1, -0.05) is 26.0 Å². The maximum absolute atomic E-state index is 10.9. The second kappa shape index (κ2) is 12.0. The molecule has 0 spiro atoms. The molecule has 0 aliphatic rings. The smallest absolute Gasteiger partial charge is 0.378 e. The fourth-order valence-corrected chi connectivity index (χ4v) is 0.911. The first-order valence-corrected chi connectivity index (χ1v) is 4.40. The van der Waals surface area contributed by atoms with E-state index in [9.17, 15) is 9.59 Å². The minimum absolute atomic E-state index is 0. The van der Waals surface area contributed by atoms with Gasteiger partial charge in [-0.3, -0.25) is 0 Å². The maximum atomic E-state index is 10.9. The molecule has 0 aromatic heterocycles. The molecule has 0 aliphatic carbocycles. The first-order chi connectivity index (χ1) is 7.16. The number of hydrogen-bond donors (Lipinski definition) is 1. The van der Waals surface area contributed by atoms with E-state index in [1.54, 1.807) is 0 Å². The zero-order valence-electron chi connectivity index (χ0n) is 9.41. The van der Waals surface area contributed by atoms with Crippen LogP contribution in [0.15, 0.2) is 24.3 Å². The number of carbonyl (C=O) groups excluding carboxylic acids is 1. The summed E-state index contributed by atoms with van der Waals surface area (Å²) in [6.07, 6.45) is 0. The number of carboxylic acids is 1. The Labute approximate surface area is 128 Å². The van der Waals surface area contributed by atoms with Crippen molar-refractivity contribution >= 4 is 20.0 Å². The summed E-state index contributed by atoms with van der Waals surface area (Å²) in [5.74, 6) is -2.06. The number of carbonyl (C=O) groups is 2. The van der Waals surface area contributed by atoms with Crippen molar-refractivity contribution in [1.82, 2.24) is 0 Å². The van der Waals surface area contributed by atoms with Crippen LogP contribution >= 0.6 is 0 Å². The van der Waals surface area contributed by atoms with E-state index in [2.05, 4.69) is 12.7 Å². The summed E-state index contributed by atoms with van der Waals surface area (Å²) in [4.78, 5) is 21.5. The van der Waals surface area contributed by atoms with Crippen molar-refractivity contribution in [2.24, 2.45) is 0 Å². The van der Waals surface area contributed by atoms with Crippen LogP contribution in [-0.2, 0) is 44.3 Å². The molecule has 1 rings (SSSR count). The second-order valence-corrected chi connectivity index (χ2v) is 2.26. The molecule has 0 amide bonds. The third kappa shape index (κ3) is 6.72. The third-order valence-electron chi connectivity index (χ3n) is 1.48. The average molecular weight is 441 g/mol. The van der Waals surface area contributed by atoms with Crippen LogP contribution in [0.3, 0.4) is 0 Å². The Hall–Kier alpha value is -0.502. The Bertz CT molecular complexity index is 360. The van der Waals surface area contributed by atoms with Gasteiger partial charge in [0.15, 0.2) is 0 Å². The normalized spacial score (nSPS) is 7.41. The van der Waals surface area contributed by atoms with E-state index in [0.29, 0.717) is 0 Å². The minimum atomic E-state index is -1.19. The topological polar surface area (TPSA) is 63.6 Å². The van der Waals surface area contributed by atoms with E-state index >= 15 is 0 Å². The monoisotopic (exact) mass is 441 g/mol. The third-order valence-corrected chi connectivity index (χ3v) is 1.48. The Morgan fingerprint density at radius 1 is 1.18 bits per heavy atom. The van der Waals surface area contributed by atoms with Gasteiger partial charge in [-0.15, -0.1) is 0 Å². The Morgan fingerprint density at radius 3 is 1.94 bits per heavy atom. The van der Waals surface area contributed by atoms with Gasteiger partial charge in [0.25, 0.3) is 0 Å². The number of carboxylic acid groups (broad SMARTS) is 1. The van der Waals surface area contributed by atoms with E-state index < -0.39 is 11.9 Å². The van der Waals surface area contributed by atoms with Crippen LogP contribution < -0.4 is 0 Å². The van der Waals surface area contributed by atoms with Crippen LogP contribution in [0.5, 0.6) is 0 Å². The summed E-state index contributed by atoms with van der Waals surface area (Å²) < 4.78 is 3.92. The van der Waals surface area contributed by atoms with E-state index in [1.165, 1.54) is 24.3 Å². The Morgan fingerprint density at radius 2 is 1.59 bits per heavy atom. The van der Waals surface area contributed by atoms with Crippen LogP contribution in [0.4, 0.5) is 0 Å². The number of aromatic carboxylic acids is 1. The molecular formula is C10H11BO4VW. The van der Waals surface area contributed by atoms with Gasteiger partial charge in [-0.25, -0.2) is 9.59 Å². The summed E-state index contributed by atoms with van der Waals surface area (Å²) in [5.41, 5.74) is -0.185. The molecule has 1 N–H and O–H groups in total. The van der Waals surface area contributed by atoms with Gasteiger partial charge in [0.05, 0.1) is 11.1 Å². The largest absolute Gasteiger partial charge is 0.540 e. The fourth-order valence-electron chi connectivity index (χ4n) is 0.911. The average Bonchev–Trinajstić information content (AvgIpc) is 2.30. The molecule has 89 valence electrons. The molecule has 4 nitrogen and oxygen atoms in total. The molecule has 0 fully saturated rings. The second-order valence-electron chi connectivity index (χ2n) is 2.26. The molecule has 0 bridgehead atoms. The first kappa shape index (κ1) is 21.7. The number of rotatable bonds is 2. The molecule has 1 aromatic carbocycles. The van der Waals surface area contributed by atoms with Gasteiger partial charge in [-0.2, -0.15) is 0 Å². The molecule has 0 atom stereocenters. The molecule has 3 radical (unpaired) electrons. The summed E-state index contributed by atoms with van der Waals surface area (Å²) in [6, 6.07) is 5.67. The van der Waals surface area contributed by atoms with E-state index in [-0.39, 0.29) is 50.7 Å². The van der Waals surface area contributed by atoms with E-state index in [1.807, 2.05) is 13.8 Å². The van der Waals surface area contributed by atoms with Crippen molar-refractivity contribution in [3.05, 3.63) is 35.4 Å². The molecule has 0 unspecified atom stereocenters. The summed E-state index contributed by atoms with van der Waals surface area (Å²) >= 11 is 0. The van der Waals surface area contributed by atoms with Crippen molar-refractivity contribution in [3.63, 3.8) is 0 Å². The summed E-state index contributed by atoms with van der Waals surface area (Å²) in [5, 5.41) is 8.66. The van der Waals surface area contributed by atoms with Crippen molar-refractivity contribution in [1.29, 1.82) is 0 Å². The van der Waals surface area contributed by atoms with E-state index in [0.717, 1.165) is 0 Å². The van der Waals surface area contributed by atoms with Gasteiger partial charge in [0.2, 0.25) is 0 Å². The van der Waals surface area contributed by atoms with Gasteiger partial charge in [-0.05, 0) is 12.1 Å². The molecule has 7 heteroatoms. The Kier molecular flexibility index (Phi) is 15.3. The number of hydrogen-bond acceptors (Lipinski definition) is 3. The molecule has 17 heavy (non-hydrogen) atoms. The summed E-state index contributed by atoms with van der Waals surface area (Å²) in [6.45, 7) is 4.00. The summed E-state index contributed by atoms with van der Waals surface area (Å²) in [7, 11) is 4.63. The van der Waals surface area contributed by atoms with Crippen LogP contribution in [-0.4, -0.2) is 25.1 Å². The molecule has 0 saturated carbocycles.